The maximum atomic E-state index is 11.5. The summed E-state index contributed by atoms with van der Waals surface area (Å²) in [7, 11) is 0. The number of hydrogen-bond donors (Lipinski definition) is 2. The molecule has 1 aromatic rings. The van der Waals surface area contributed by atoms with Crippen molar-refractivity contribution in [1.29, 1.82) is 0 Å². The predicted molar refractivity (Wildman–Crippen MR) is 60.4 cm³/mol. The Hall–Kier alpha value is -1.43. The second kappa shape index (κ2) is 5.60. The van der Waals surface area contributed by atoms with E-state index in [4.69, 9.17) is 5.11 Å². The highest BCUT2D eigenvalue weighted by molar-refractivity contribution is 7.09. The van der Waals surface area contributed by atoms with Crippen molar-refractivity contribution in [2.75, 3.05) is 0 Å². The molecule has 1 aromatic heterocycles. The molecule has 6 heteroatoms. The number of nitrogens with zero attached hydrogens (tertiary/aromatic N) is 1. The van der Waals surface area contributed by atoms with Crippen LogP contribution in [0.5, 0.6) is 0 Å². The molecule has 0 unspecified atom stereocenters. The van der Waals surface area contributed by atoms with Crippen LogP contribution in [0.2, 0.25) is 0 Å². The number of aromatic nitrogens is 1. The van der Waals surface area contributed by atoms with Crippen LogP contribution < -0.4 is 5.32 Å². The van der Waals surface area contributed by atoms with E-state index in [2.05, 4.69) is 10.3 Å². The molecule has 0 aliphatic carbocycles. The van der Waals surface area contributed by atoms with Crippen LogP contribution in [0, 0.1) is 6.92 Å². The van der Waals surface area contributed by atoms with Gasteiger partial charge in [0.15, 0.2) is 0 Å². The SMILES string of the molecule is CC[C@H](NC(=O)Cc1csc(C)n1)C(=O)O. The van der Waals surface area contributed by atoms with Crippen molar-refractivity contribution in [2.24, 2.45) is 0 Å². The molecular formula is C10H14N2O3S. The molecule has 0 saturated heterocycles. The summed E-state index contributed by atoms with van der Waals surface area (Å²) in [6, 6.07) is -0.813. The number of carboxylic acids is 1. The number of amides is 1. The molecule has 1 atom stereocenters. The molecule has 16 heavy (non-hydrogen) atoms. The van der Waals surface area contributed by atoms with E-state index in [9.17, 15) is 9.59 Å². The van der Waals surface area contributed by atoms with Crippen LogP contribution >= 0.6 is 11.3 Å². The lowest BCUT2D eigenvalue weighted by Crippen LogP contribution is -2.41. The van der Waals surface area contributed by atoms with Gasteiger partial charge in [-0.1, -0.05) is 6.92 Å². The Morgan fingerprint density at radius 3 is 2.75 bits per heavy atom. The number of nitrogens with one attached hydrogen (secondary N) is 1. The number of rotatable bonds is 5. The smallest absolute Gasteiger partial charge is 0.326 e. The minimum atomic E-state index is -1.01. The van der Waals surface area contributed by atoms with Crippen LogP contribution in [-0.4, -0.2) is 28.0 Å². The third-order valence-electron chi connectivity index (χ3n) is 2.05. The zero-order chi connectivity index (χ0) is 12.1. The first-order valence-electron chi connectivity index (χ1n) is 4.96. The first-order chi connectivity index (χ1) is 7.52. The van der Waals surface area contributed by atoms with Gasteiger partial charge in [-0.15, -0.1) is 11.3 Å². The Labute approximate surface area is 97.5 Å². The average Bonchev–Trinajstić information content (AvgIpc) is 2.60. The van der Waals surface area contributed by atoms with E-state index in [0.29, 0.717) is 12.1 Å². The summed E-state index contributed by atoms with van der Waals surface area (Å²) in [4.78, 5) is 26.3. The van der Waals surface area contributed by atoms with Crippen LogP contribution in [0.3, 0.4) is 0 Å². The predicted octanol–water partition coefficient (Wildman–Crippen LogP) is 0.973. The molecule has 0 aliphatic rings. The van der Waals surface area contributed by atoms with E-state index >= 15 is 0 Å². The summed E-state index contributed by atoms with van der Waals surface area (Å²) in [6.07, 6.45) is 0.505. The van der Waals surface area contributed by atoms with Crippen LogP contribution in [-0.2, 0) is 16.0 Å². The van der Waals surface area contributed by atoms with E-state index < -0.39 is 12.0 Å². The van der Waals surface area contributed by atoms with E-state index in [0.717, 1.165) is 5.01 Å². The maximum Gasteiger partial charge on any atom is 0.326 e. The number of carboxylic acid groups (broad SMARTS) is 1. The van der Waals surface area contributed by atoms with Gasteiger partial charge >= 0.3 is 5.97 Å². The Kier molecular flexibility index (Phi) is 4.42. The Morgan fingerprint density at radius 1 is 1.62 bits per heavy atom. The lowest BCUT2D eigenvalue weighted by atomic mass is 10.2. The third kappa shape index (κ3) is 3.62. The fourth-order valence-corrected chi connectivity index (χ4v) is 1.85. The lowest BCUT2D eigenvalue weighted by Gasteiger charge is -2.11. The second-order valence-electron chi connectivity index (χ2n) is 3.40. The van der Waals surface area contributed by atoms with Gasteiger partial charge in [-0.05, 0) is 13.3 Å². The molecule has 2 N–H and O–H groups in total. The van der Waals surface area contributed by atoms with Gasteiger partial charge in [0.25, 0.3) is 0 Å². The second-order valence-corrected chi connectivity index (χ2v) is 4.46. The van der Waals surface area contributed by atoms with Crippen LogP contribution in [0.15, 0.2) is 5.38 Å². The van der Waals surface area contributed by atoms with Crippen molar-refractivity contribution in [3.05, 3.63) is 16.1 Å². The van der Waals surface area contributed by atoms with Crippen LogP contribution in [0.25, 0.3) is 0 Å². The summed E-state index contributed by atoms with van der Waals surface area (Å²) >= 11 is 1.47. The van der Waals surface area contributed by atoms with Crippen molar-refractivity contribution in [3.8, 4) is 0 Å². The minimum Gasteiger partial charge on any atom is -0.480 e. The van der Waals surface area contributed by atoms with Gasteiger partial charge in [0.05, 0.1) is 17.1 Å². The maximum absolute atomic E-state index is 11.5. The molecule has 1 rings (SSSR count). The van der Waals surface area contributed by atoms with E-state index in [-0.39, 0.29) is 12.3 Å². The zero-order valence-electron chi connectivity index (χ0n) is 9.19. The number of carbonyl (C=O) groups is 2. The highest BCUT2D eigenvalue weighted by Gasteiger charge is 2.17. The molecule has 5 nitrogen and oxygen atoms in total. The van der Waals surface area contributed by atoms with Crippen molar-refractivity contribution < 1.29 is 14.7 Å². The van der Waals surface area contributed by atoms with Crippen LogP contribution in [0.1, 0.15) is 24.0 Å². The Balaban J connectivity index is 2.50. The highest BCUT2D eigenvalue weighted by atomic mass is 32.1. The van der Waals surface area contributed by atoms with Gasteiger partial charge in [0.2, 0.25) is 5.91 Å². The van der Waals surface area contributed by atoms with E-state index in [1.165, 1.54) is 11.3 Å². The molecule has 88 valence electrons. The van der Waals surface area contributed by atoms with Gasteiger partial charge in [-0.3, -0.25) is 4.79 Å². The van der Waals surface area contributed by atoms with Crippen molar-refractivity contribution in [1.82, 2.24) is 10.3 Å². The normalized spacial score (nSPS) is 12.1. The fourth-order valence-electron chi connectivity index (χ4n) is 1.24. The third-order valence-corrected chi connectivity index (χ3v) is 2.87. The molecular weight excluding hydrogens is 228 g/mol. The highest BCUT2D eigenvalue weighted by Crippen LogP contribution is 2.08. The fraction of sp³-hybridized carbons (Fsp3) is 0.500. The molecule has 1 amide bonds. The molecule has 1 heterocycles. The monoisotopic (exact) mass is 242 g/mol. The van der Waals surface area contributed by atoms with E-state index in [1.54, 1.807) is 12.3 Å². The Morgan fingerprint density at radius 2 is 2.31 bits per heavy atom. The van der Waals surface area contributed by atoms with Gasteiger partial charge in [0.1, 0.15) is 6.04 Å². The molecule has 0 aromatic carbocycles. The van der Waals surface area contributed by atoms with Crippen molar-refractivity contribution in [2.45, 2.75) is 32.7 Å². The number of aliphatic carboxylic acids is 1. The van der Waals surface area contributed by atoms with Gasteiger partial charge in [-0.25, -0.2) is 9.78 Å². The summed E-state index contributed by atoms with van der Waals surface area (Å²) < 4.78 is 0. The van der Waals surface area contributed by atoms with E-state index in [1.807, 2.05) is 6.92 Å². The molecule has 0 bridgehead atoms. The number of thiazole rings is 1. The van der Waals surface area contributed by atoms with Crippen molar-refractivity contribution in [3.63, 3.8) is 0 Å². The van der Waals surface area contributed by atoms with Gasteiger partial charge in [0, 0.05) is 5.38 Å². The first kappa shape index (κ1) is 12.6. The van der Waals surface area contributed by atoms with Gasteiger partial charge in [-0.2, -0.15) is 0 Å². The quantitative estimate of drug-likeness (QED) is 0.806. The van der Waals surface area contributed by atoms with Gasteiger partial charge < -0.3 is 10.4 Å². The summed E-state index contributed by atoms with van der Waals surface area (Å²) in [6.45, 7) is 3.57. The molecule has 0 aliphatic heterocycles. The largest absolute Gasteiger partial charge is 0.480 e. The molecule has 0 fully saturated rings. The number of aryl methyl sites for hydroxylation is 1. The van der Waals surface area contributed by atoms with Crippen LogP contribution in [0.4, 0.5) is 0 Å². The Bertz CT molecular complexity index is 389. The molecule has 0 spiro atoms. The zero-order valence-corrected chi connectivity index (χ0v) is 10.0. The summed E-state index contributed by atoms with van der Waals surface area (Å²) in [5, 5.41) is 13.9. The summed E-state index contributed by atoms with van der Waals surface area (Å²) in [5.74, 6) is -1.31. The topological polar surface area (TPSA) is 79.3 Å². The number of hydrogen-bond acceptors (Lipinski definition) is 4. The lowest BCUT2D eigenvalue weighted by molar-refractivity contribution is -0.141. The summed E-state index contributed by atoms with van der Waals surface area (Å²) in [5.41, 5.74) is 0.681. The molecule has 0 radical (unpaired) electrons. The standard InChI is InChI=1S/C10H14N2O3S/c1-3-8(10(14)15)12-9(13)4-7-5-16-6(2)11-7/h5,8H,3-4H2,1-2H3,(H,12,13)(H,14,15)/t8-/m0/s1. The molecule has 0 saturated carbocycles. The first-order valence-corrected chi connectivity index (χ1v) is 5.84. The van der Waals surface area contributed by atoms with Crippen molar-refractivity contribution >= 4 is 23.2 Å². The average molecular weight is 242 g/mol. The number of carbonyl (C=O) groups excluding carboxylic acids is 1. The minimum absolute atomic E-state index is 0.133.